The Kier molecular flexibility index (Phi) is 13.2. The molecule has 1 aliphatic rings. The molecular weight excluding hydrogens is 1050 g/mol. The average Bonchev–Trinajstić information content (AvgIpc) is 3.60. The van der Waals surface area contributed by atoms with Crippen LogP contribution in [-0.4, -0.2) is 106 Å². The molecule has 71 heavy (non-hydrogen) atoms. The second-order valence-electron chi connectivity index (χ2n) is 14.7. The molecule has 33 heteroatoms. The van der Waals surface area contributed by atoms with Gasteiger partial charge in [-0.1, -0.05) is 0 Å². The summed E-state index contributed by atoms with van der Waals surface area (Å²) >= 11 is 0. The van der Waals surface area contributed by atoms with Crippen LogP contribution in [0.1, 0.15) is 5.56 Å². The Morgan fingerprint density at radius 2 is 1.24 bits per heavy atom. The average molecular weight is 1080 g/mol. The number of hydrazine groups is 1. The topological polar surface area (TPSA) is 445 Å². The summed E-state index contributed by atoms with van der Waals surface area (Å²) < 4.78 is 175. The summed E-state index contributed by atoms with van der Waals surface area (Å²) in [6.07, 6.45) is 0. The molecule has 0 saturated heterocycles. The van der Waals surface area contributed by atoms with E-state index < -0.39 is 127 Å². The Morgan fingerprint density at radius 1 is 0.648 bits per heavy atom. The number of amides is 1. The molecule has 1 unspecified atom stereocenters. The summed E-state index contributed by atoms with van der Waals surface area (Å²) in [5.41, 5.74) is 2.96. The fourth-order valence-corrected chi connectivity index (χ4v) is 9.92. The first kappa shape index (κ1) is 51.3. The number of hydrazone groups is 1. The van der Waals surface area contributed by atoms with Crippen molar-refractivity contribution >= 4 is 124 Å². The van der Waals surface area contributed by atoms with Crippen molar-refractivity contribution in [1.29, 1.82) is 0 Å². The lowest BCUT2D eigenvalue weighted by Gasteiger charge is -2.18. The molecule has 9 N–H and O–H groups in total. The molecule has 372 valence electrons. The summed E-state index contributed by atoms with van der Waals surface area (Å²) in [4.78, 5) is 20.7. The number of benzene rings is 6. The number of azo groups is 2. The number of carboxylic acids is 1. The van der Waals surface area contributed by atoms with Gasteiger partial charge in [0.05, 0.1) is 39.7 Å². The van der Waals surface area contributed by atoms with Gasteiger partial charge in [-0.15, -0.1) is 5.11 Å². The van der Waals surface area contributed by atoms with E-state index >= 15 is 0 Å². The lowest BCUT2D eigenvalue weighted by Crippen LogP contribution is -2.33. The highest BCUT2D eigenvalue weighted by atomic mass is 32.2. The second-order valence-corrected chi connectivity index (χ2v) is 21.7. The number of nitrogens with zero attached hydrogens (tertiary/aromatic N) is 6. The van der Waals surface area contributed by atoms with E-state index in [0.717, 1.165) is 42.5 Å². The first-order valence-electron chi connectivity index (χ1n) is 18.9. The molecule has 6 aromatic rings. The summed E-state index contributed by atoms with van der Waals surface area (Å²) in [6.45, 7) is 1.45. The highest BCUT2D eigenvalue weighted by Gasteiger charge is 2.41. The Balaban J connectivity index is 1.18. The van der Waals surface area contributed by atoms with Crippen LogP contribution in [0.25, 0.3) is 21.5 Å². The number of aromatic hydroxyl groups is 1. The Morgan fingerprint density at radius 3 is 1.82 bits per heavy atom. The van der Waals surface area contributed by atoms with Crippen LogP contribution in [-0.2, 0) is 60.2 Å². The highest BCUT2D eigenvalue weighted by Crippen LogP contribution is 2.42. The van der Waals surface area contributed by atoms with Crippen molar-refractivity contribution < 1.29 is 89.4 Å². The van der Waals surface area contributed by atoms with Gasteiger partial charge >= 0.3 is 5.97 Å². The zero-order chi connectivity index (χ0) is 52.3. The van der Waals surface area contributed by atoms with Gasteiger partial charge in [0.1, 0.15) is 37.6 Å². The number of nitrogens with one attached hydrogen (secondary N) is 2. The van der Waals surface area contributed by atoms with Crippen molar-refractivity contribution in [1.82, 2.24) is 0 Å². The number of ether oxygens (including phenoxy) is 1. The number of carbonyl (C=O) groups is 2. The Hall–Kier alpha value is -7.60. The standard InChI is InChI=1S/C38H30N8O20S5/c1-17-9-27(29(66-2)16-26(17)40-42-28-15-25-19(12-31(28)70(60,61)62)11-23(68(54,55)56)14-30(25)69(57,58)59)41-43-33-32(71(63,64)65)13-18-10-20(3-8-24(18)36(33)47)39-44-34-35(38(49)50)45-46(37(34)48)21-4-6-22(7-5-21)67(51,52)53/h3-16,34,41,43,47H,1-2H3,(H,49,50)(H,51,52,53)(H,54,55,56)(H,57,58,59)(H,60,61,62)(H,63,64,65)/b42-40+,44-39+. The van der Waals surface area contributed by atoms with E-state index in [1.54, 1.807) is 0 Å². The number of aryl methyl sites for hydroxylation is 1. The summed E-state index contributed by atoms with van der Waals surface area (Å²) in [6, 6.07) is 11.7. The summed E-state index contributed by atoms with van der Waals surface area (Å²) in [5, 5.41) is 39.9. The van der Waals surface area contributed by atoms with Gasteiger partial charge in [-0.2, -0.15) is 67.5 Å². The molecule has 0 bridgehead atoms. The second kappa shape index (κ2) is 18.3. The normalized spacial score (nSPS) is 15.0. The van der Waals surface area contributed by atoms with Crippen molar-refractivity contribution in [3.8, 4) is 11.5 Å². The largest absolute Gasteiger partial charge is 0.505 e. The number of fused-ring (bicyclic) bond motifs is 2. The van der Waals surface area contributed by atoms with Crippen LogP contribution < -0.4 is 20.6 Å². The summed E-state index contributed by atoms with van der Waals surface area (Å²) in [7, 11) is -24.1. The number of phenols is 1. The number of anilines is 3. The fraction of sp³-hybridized carbons (Fsp3) is 0.0789. The van der Waals surface area contributed by atoms with E-state index in [4.69, 9.17) is 4.74 Å². The van der Waals surface area contributed by atoms with Crippen LogP contribution >= 0.6 is 0 Å². The number of methoxy groups -OCH3 is 1. The van der Waals surface area contributed by atoms with Gasteiger partial charge in [-0.05, 0) is 102 Å². The highest BCUT2D eigenvalue weighted by molar-refractivity contribution is 7.87. The molecule has 1 aliphatic heterocycles. The number of carbonyl (C=O) groups excluding carboxylic acids is 1. The van der Waals surface area contributed by atoms with Gasteiger partial charge in [0, 0.05) is 16.8 Å². The van der Waals surface area contributed by atoms with Crippen molar-refractivity contribution in [2.45, 2.75) is 37.4 Å². The molecular formula is C38H30N8O20S5. The minimum absolute atomic E-state index is 0.0108. The Bertz CT molecular complexity index is 3980. The van der Waals surface area contributed by atoms with Crippen LogP contribution in [0.15, 0.2) is 135 Å². The molecule has 0 fully saturated rings. The predicted molar refractivity (Wildman–Crippen MR) is 245 cm³/mol. The number of rotatable bonds is 15. The first-order chi connectivity index (χ1) is 32.9. The summed E-state index contributed by atoms with van der Waals surface area (Å²) in [5.74, 6) is -3.53. The number of carboxylic acid groups (broad SMARTS) is 1. The number of hydrogen-bond donors (Lipinski definition) is 9. The molecule has 0 aliphatic carbocycles. The van der Waals surface area contributed by atoms with Crippen molar-refractivity contribution in [2.24, 2.45) is 25.6 Å². The van der Waals surface area contributed by atoms with Crippen LogP contribution in [0.2, 0.25) is 0 Å². The number of phenolic OH excluding ortho intramolecular Hbond substituents is 1. The molecule has 0 aromatic heterocycles. The monoisotopic (exact) mass is 1080 g/mol. The van der Waals surface area contributed by atoms with Gasteiger partial charge in [0.25, 0.3) is 56.5 Å². The van der Waals surface area contributed by atoms with E-state index in [2.05, 4.69) is 36.4 Å². The molecule has 6 aromatic carbocycles. The van der Waals surface area contributed by atoms with E-state index in [-0.39, 0.29) is 44.8 Å². The van der Waals surface area contributed by atoms with Crippen LogP contribution in [0.4, 0.5) is 34.1 Å². The lowest BCUT2D eigenvalue weighted by molar-refractivity contribution is -0.130. The first-order valence-corrected chi connectivity index (χ1v) is 26.1. The van der Waals surface area contributed by atoms with E-state index in [1.165, 1.54) is 38.3 Å². The van der Waals surface area contributed by atoms with Crippen LogP contribution in [0.5, 0.6) is 11.5 Å². The predicted octanol–water partition coefficient (Wildman–Crippen LogP) is 5.04. The van der Waals surface area contributed by atoms with E-state index in [1.807, 2.05) is 0 Å². The molecule has 7 rings (SSSR count). The minimum Gasteiger partial charge on any atom is -0.505 e. The van der Waals surface area contributed by atoms with Crippen molar-refractivity contribution in [3.63, 3.8) is 0 Å². The molecule has 28 nitrogen and oxygen atoms in total. The third kappa shape index (κ3) is 10.6. The lowest BCUT2D eigenvalue weighted by atomic mass is 10.1. The zero-order valence-corrected chi connectivity index (χ0v) is 39.4. The fourth-order valence-electron chi connectivity index (χ4n) is 6.77. The molecule has 0 spiro atoms. The van der Waals surface area contributed by atoms with Crippen molar-refractivity contribution in [3.05, 3.63) is 90.5 Å². The smallest absolute Gasteiger partial charge is 0.355 e. The van der Waals surface area contributed by atoms with Crippen molar-refractivity contribution in [2.75, 3.05) is 23.0 Å². The van der Waals surface area contributed by atoms with Gasteiger partial charge < -0.3 is 14.9 Å². The van der Waals surface area contributed by atoms with Gasteiger partial charge in [-0.3, -0.25) is 38.4 Å². The zero-order valence-electron chi connectivity index (χ0n) is 35.3. The Labute approximate surface area is 399 Å². The third-order valence-corrected chi connectivity index (χ3v) is 14.4. The van der Waals surface area contributed by atoms with Gasteiger partial charge in [-0.25, -0.2) is 4.79 Å². The number of aliphatic carboxylic acids is 1. The minimum atomic E-state index is -5.24. The maximum absolute atomic E-state index is 13.2. The van der Waals surface area contributed by atoms with E-state index in [0.29, 0.717) is 23.2 Å². The molecule has 1 heterocycles. The molecule has 1 amide bonds. The van der Waals surface area contributed by atoms with Gasteiger partial charge in [0.15, 0.2) is 5.71 Å². The maximum Gasteiger partial charge on any atom is 0.355 e. The number of hydrogen-bond acceptors (Lipinski definition) is 21. The maximum atomic E-state index is 13.2. The third-order valence-electron chi connectivity index (χ3n) is 10.1. The quantitative estimate of drug-likeness (QED) is 0.0281. The molecule has 0 saturated carbocycles. The van der Waals surface area contributed by atoms with Gasteiger partial charge in [0.2, 0.25) is 6.04 Å². The van der Waals surface area contributed by atoms with Crippen LogP contribution in [0.3, 0.4) is 0 Å². The molecule has 1 atom stereocenters. The molecule has 0 radical (unpaired) electrons. The van der Waals surface area contributed by atoms with E-state index in [9.17, 15) is 84.7 Å². The SMILES string of the molecule is COc1cc(/N=N/c2cc3c(S(=O)(=O)O)cc(S(=O)(=O)O)cc3cc2S(=O)(=O)O)c(C)cc1NNc1c(S(=O)(=O)O)cc2cc(/N=N/C3C(=O)N(c4ccc(S(=O)(=O)O)cc4)N=C3C(=O)O)ccc2c1O. The van der Waals surface area contributed by atoms with Crippen LogP contribution in [0, 0.1) is 6.92 Å².